The molecule has 3 amide bonds. The summed E-state index contributed by atoms with van der Waals surface area (Å²) in [5.74, 6) is -1.27. The van der Waals surface area contributed by atoms with E-state index < -0.39 is 38.6 Å². The summed E-state index contributed by atoms with van der Waals surface area (Å²) < 4.78 is 27.5. The second-order valence-corrected chi connectivity index (χ2v) is 17.4. The lowest BCUT2D eigenvalue weighted by atomic mass is 9.78. The highest BCUT2D eigenvalue weighted by atomic mass is 32.2. The number of nitrogens with zero attached hydrogens (tertiary/aromatic N) is 1. The molecule has 0 radical (unpaired) electrons. The first kappa shape index (κ1) is 38.4. The molecule has 1 aromatic heterocycles. The van der Waals surface area contributed by atoms with Crippen molar-refractivity contribution in [2.24, 2.45) is 5.73 Å². The van der Waals surface area contributed by atoms with Crippen molar-refractivity contribution in [1.29, 1.82) is 0 Å². The van der Waals surface area contributed by atoms with Crippen molar-refractivity contribution >= 4 is 56.4 Å². The van der Waals surface area contributed by atoms with Crippen LogP contribution in [0.3, 0.4) is 0 Å². The number of alkyl carbamates (subject to hydrolysis) is 1. The Morgan fingerprint density at radius 2 is 1.67 bits per heavy atom. The molecule has 0 saturated carbocycles. The van der Waals surface area contributed by atoms with Gasteiger partial charge >= 0.3 is 6.09 Å². The molecule has 2 heterocycles. The largest absolute Gasteiger partial charge is 0.444 e. The molecule has 0 bridgehead atoms. The molecular weight excluding hydrogens is 723 g/mol. The molecule has 2 aliphatic carbocycles. The number of amides is 3. The van der Waals surface area contributed by atoms with Crippen LogP contribution in [0, 0.1) is 0 Å². The zero-order chi connectivity index (χ0) is 38.6. The maximum absolute atomic E-state index is 12.5. The first-order valence-electron chi connectivity index (χ1n) is 17.7. The number of carbonyl (C=O) groups excluding carboxylic acids is 3. The van der Waals surface area contributed by atoms with Crippen LogP contribution >= 0.6 is 11.3 Å². The molecule has 3 aliphatic rings. The molecule has 4 N–H and O–H groups in total. The molecule has 1 unspecified atom stereocenters. The van der Waals surface area contributed by atoms with Gasteiger partial charge in [-0.15, -0.1) is 11.3 Å². The van der Waals surface area contributed by atoms with Gasteiger partial charge in [-0.2, -0.15) is 5.06 Å². The number of primary amides is 1. The fraction of sp³-hybridized carbons (Fsp3) is 0.262. The molecule has 54 heavy (non-hydrogen) atoms. The molecule has 280 valence electrons. The lowest BCUT2D eigenvalue weighted by molar-refractivity contribution is -0.122. The third-order valence-corrected chi connectivity index (χ3v) is 12.2. The predicted octanol–water partition coefficient (Wildman–Crippen LogP) is 7.64. The maximum Gasteiger partial charge on any atom is 0.408 e. The number of benzene rings is 3. The van der Waals surface area contributed by atoms with E-state index in [0.29, 0.717) is 10.8 Å². The molecule has 0 saturated heterocycles. The van der Waals surface area contributed by atoms with E-state index in [2.05, 4.69) is 59.9 Å². The average Bonchev–Trinajstić information content (AvgIpc) is 3.64. The van der Waals surface area contributed by atoms with E-state index in [1.165, 1.54) is 56.0 Å². The van der Waals surface area contributed by atoms with Gasteiger partial charge in [-0.1, -0.05) is 72.8 Å². The summed E-state index contributed by atoms with van der Waals surface area (Å²) >= 11 is 1.71. The number of ether oxygens (including phenoxy) is 1. The van der Waals surface area contributed by atoms with Crippen molar-refractivity contribution in [3.05, 3.63) is 124 Å². The van der Waals surface area contributed by atoms with E-state index in [1.54, 1.807) is 56.4 Å². The van der Waals surface area contributed by atoms with Gasteiger partial charge in [-0.3, -0.25) is 14.8 Å². The Labute approximate surface area is 319 Å². The minimum atomic E-state index is -3.29. The number of rotatable bonds is 7. The van der Waals surface area contributed by atoms with Crippen molar-refractivity contribution in [3.63, 3.8) is 0 Å². The lowest BCUT2D eigenvalue weighted by Gasteiger charge is -2.26. The summed E-state index contributed by atoms with van der Waals surface area (Å²) in [4.78, 5) is 37.1. The number of thiophene rings is 1. The van der Waals surface area contributed by atoms with E-state index in [4.69, 9.17) is 10.5 Å². The number of nitrogens with one attached hydrogen (secondary N) is 1. The highest BCUT2D eigenvalue weighted by molar-refractivity contribution is 7.95. The van der Waals surface area contributed by atoms with Gasteiger partial charge in [0, 0.05) is 21.6 Å². The predicted molar refractivity (Wildman–Crippen MR) is 214 cm³/mol. The summed E-state index contributed by atoms with van der Waals surface area (Å²) in [7, 11) is -3.29. The van der Waals surface area contributed by atoms with E-state index in [9.17, 15) is 28.0 Å². The molecule has 4 aromatic rings. The van der Waals surface area contributed by atoms with Gasteiger partial charge in [0.05, 0.1) is 10.9 Å². The molecule has 10 nitrogen and oxygen atoms in total. The minimum Gasteiger partial charge on any atom is -0.444 e. The van der Waals surface area contributed by atoms with Crippen LogP contribution in [0.15, 0.2) is 96.4 Å². The van der Waals surface area contributed by atoms with Crippen LogP contribution in [0.1, 0.15) is 60.7 Å². The number of nitrogens with two attached hydrogens (primary N) is 1. The molecule has 0 spiro atoms. The van der Waals surface area contributed by atoms with Crippen molar-refractivity contribution < 1.29 is 32.7 Å². The second kappa shape index (κ2) is 16.0. The Kier molecular flexibility index (Phi) is 11.4. The van der Waals surface area contributed by atoms with Crippen molar-refractivity contribution in [2.75, 3.05) is 11.6 Å². The van der Waals surface area contributed by atoms with Gasteiger partial charge in [0.1, 0.15) is 12.1 Å². The minimum absolute atomic E-state index is 0.150. The van der Waals surface area contributed by atoms with Gasteiger partial charge in [-0.25, -0.2) is 13.2 Å². The monoisotopic (exact) mass is 765 g/mol. The number of aryl methyl sites for hydroxylation is 1. The summed E-state index contributed by atoms with van der Waals surface area (Å²) in [5, 5.41) is 13.8. The molecule has 7 rings (SSSR count). The van der Waals surface area contributed by atoms with Gasteiger partial charge in [0.25, 0.3) is 5.91 Å². The summed E-state index contributed by atoms with van der Waals surface area (Å²) in [5.41, 5.74) is 15.3. The quantitative estimate of drug-likeness (QED) is 0.129. The average molecular weight is 766 g/mol. The van der Waals surface area contributed by atoms with E-state index in [-0.39, 0.29) is 13.0 Å². The van der Waals surface area contributed by atoms with Crippen LogP contribution < -0.4 is 16.1 Å². The highest BCUT2D eigenvalue weighted by Gasteiger charge is 2.25. The van der Waals surface area contributed by atoms with Gasteiger partial charge in [-0.05, 0) is 115 Å². The summed E-state index contributed by atoms with van der Waals surface area (Å²) in [6, 6.07) is 24.8. The van der Waals surface area contributed by atoms with Crippen LogP contribution in [0.5, 0.6) is 0 Å². The fourth-order valence-electron chi connectivity index (χ4n) is 6.73. The standard InChI is InChI=1S/C35H34N2O4S.C7H9NO3S/c1-35(2,3)41-34(39)36-21-33(38)37(40)26-9-6-8-24(20-26)31-17-18-32(42-31)25-13-14-28-23(19-25)12-16-29-27-10-5-4-7-22(27)11-15-30(28)29;8-7(9)5-6-3-1-2-4-12(6,10)11/h4-10,12,16-20,40H,11,13-15,21H2,1-3H3,(H,36,39);1-4,6H,5H2,(H2,8,9). The number of hydrogen-bond acceptors (Lipinski definition) is 8. The molecule has 3 aromatic carbocycles. The Balaban J connectivity index is 0.000000354. The van der Waals surface area contributed by atoms with E-state index in [1.807, 2.05) is 6.07 Å². The Hall–Kier alpha value is -5.30. The maximum atomic E-state index is 12.5. The van der Waals surface area contributed by atoms with Crippen LogP contribution in [-0.4, -0.2) is 48.9 Å². The molecule has 1 atom stereocenters. The number of hydrogen-bond donors (Lipinski definition) is 3. The lowest BCUT2D eigenvalue weighted by Crippen LogP contribution is -2.40. The third kappa shape index (κ3) is 9.07. The number of sulfone groups is 1. The second-order valence-electron chi connectivity index (χ2n) is 14.3. The number of carbonyl (C=O) groups is 3. The fourth-order valence-corrected chi connectivity index (χ4v) is 8.99. The first-order valence-corrected chi connectivity index (χ1v) is 20.1. The van der Waals surface area contributed by atoms with Crippen molar-refractivity contribution in [1.82, 2.24) is 5.32 Å². The number of allylic oxidation sites excluding steroid dienone is 3. The van der Waals surface area contributed by atoms with E-state index >= 15 is 0 Å². The summed E-state index contributed by atoms with van der Waals surface area (Å²) in [6.45, 7) is 4.83. The topological polar surface area (TPSA) is 156 Å². The van der Waals surface area contributed by atoms with Crippen molar-refractivity contribution in [2.45, 2.75) is 63.7 Å². The molecular formula is C42H43N3O7S2. The Morgan fingerprint density at radius 3 is 2.43 bits per heavy atom. The Bertz CT molecular complexity index is 2300. The smallest absolute Gasteiger partial charge is 0.408 e. The van der Waals surface area contributed by atoms with Crippen LogP contribution in [0.4, 0.5) is 10.5 Å². The third-order valence-electron chi connectivity index (χ3n) is 9.24. The van der Waals surface area contributed by atoms with Gasteiger partial charge < -0.3 is 15.8 Å². The molecule has 0 fully saturated rings. The van der Waals surface area contributed by atoms with E-state index in [0.717, 1.165) is 41.5 Å². The molecule has 1 aliphatic heterocycles. The van der Waals surface area contributed by atoms with Gasteiger partial charge in [0.2, 0.25) is 5.91 Å². The van der Waals surface area contributed by atoms with Crippen LogP contribution in [0.25, 0.3) is 33.2 Å². The highest BCUT2D eigenvalue weighted by Crippen LogP contribution is 2.42. The first-order chi connectivity index (χ1) is 25.7. The van der Waals surface area contributed by atoms with Gasteiger partial charge in [0.15, 0.2) is 9.84 Å². The van der Waals surface area contributed by atoms with Crippen LogP contribution in [-0.2, 0) is 43.4 Å². The molecule has 12 heteroatoms. The zero-order valence-corrected chi connectivity index (χ0v) is 32.0. The summed E-state index contributed by atoms with van der Waals surface area (Å²) in [6.07, 6.45) is 10.2. The number of hydroxylamine groups is 1. The normalized spacial score (nSPS) is 16.4. The Morgan fingerprint density at radius 1 is 0.907 bits per heavy atom. The van der Waals surface area contributed by atoms with Crippen molar-refractivity contribution in [3.8, 4) is 21.6 Å². The SMILES string of the molecule is CC(C)(C)OC(=O)NCC(=O)N(O)c1cccc(-c2ccc(C3=Cc4ccc5c(c4CC3)CCc3ccccc3-5)s2)c1.NC(=O)CC1C=CC=CS1(=O)=O. The number of anilines is 1. The van der Waals surface area contributed by atoms with Crippen LogP contribution in [0.2, 0.25) is 0 Å². The zero-order valence-electron chi connectivity index (χ0n) is 30.4. The number of fused-ring (bicyclic) bond motifs is 5.